The molecule has 2 aromatic heterocycles. The van der Waals surface area contributed by atoms with Crippen LogP contribution in [0.1, 0.15) is 43.4 Å². The number of rotatable bonds is 4. The molecule has 2 N–H and O–H groups in total. The molecule has 1 amide bonds. The summed E-state index contributed by atoms with van der Waals surface area (Å²) in [6, 6.07) is 2.08. The van der Waals surface area contributed by atoms with Crippen molar-refractivity contribution < 1.29 is 4.79 Å². The lowest BCUT2D eigenvalue weighted by molar-refractivity contribution is -0.125. The van der Waals surface area contributed by atoms with Crippen molar-refractivity contribution in [2.75, 3.05) is 11.9 Å². The monoisotopic (exact) mass is 356 g/mol. The lowest BCUT2D eigenvalue weighted by atomic mass is 9.53. The molecule has 0 aliphatic heterocycles. The van der Waals surface area contributed by atoms with E-state index in [4.69, 9.17) is 0 Å². The average molecular weight is 356 g/mol. The molecule has 0 aromatic carbocycles. The fourth-order valence-corrected chi connectivity index (χ4v) is 6.73. The molecule has 4 fully saturated rings. The van der Waals surface area contributed by atoms with Crippen LogP contribution in [0.4, 0.5) is 5.82 Å². The summed E-state index contributed by atoms with van der Waals surface area (Å²) in [6.07, 6.45) is 9.31. The highest BCUT2D eigenvalue weighted by Crippen LogP contribution is 2.55. The Morgan fingerprint density at radius 2 is 1.88 bits per heavy atom. The fourth-order valence-electron chi connectivity index (χ4n) is 5.88. The lowest BCUT2D eigenvalue weighted by Gasteiger charge is -2.56. The van der Waals surface area contributed by atoms with Crippen LogP contribution in [0, 0.1) is 24.7 Å². The van der Waals surface area contributed by atoms with Crippen LogP contribution in [-0.2, 0) is 4.79 Å². The van der Waals surface area contributed by atoms with Crippen LogP contribution < -0.4 is 10.6 Å². The van der Waals surface area contributed by atoms with E-state index in [1.54, 1.807) is 17.7 Å². The van der Waals surface area contributed by atoms with Gasteiger partial charge in [-0.2, -0.15) is 0 Å². The number of nitrogens with one attached hydrogen (secondary N) is 2. The average Bonchev–Trinajstić information content (AvgIpc) is 2.91. The molecule has 6 heteroatoms. The van der Waals surface area contributed by atoms with E-state index >= 15 is 0 Å². The Labute approximate surface area is 151 Å². The van der Waals surface area contributed by atoms with Gasteiger partial charge < -0.3 is 10.6 Å². The van der Waals surface area contributed by atoms with E-state index in [-0.39, 0.29) is 18.0 Å². The van der Waals surface area contributed by atoms with Crippen molar-refractivity contribution in [2.45, 2.75) is 51.0 Å². The zero-order valence-electron chi connectivity index (χ0n) is 14.5. The third kappa shape index (κ3) is 2.80. The second-order valence-electron chi connectivity index (χ2n) is 8.40. The number of fused-ring (bicyclic) bond motifs is 1. The predicted octanol–water partition coefficient (Wildman–Crippen LogP) is 3.50. The highest BCUT2D eigenvalue weighted by atomic mass is 32.1. The number of amides is 1. The summed E-state index contributed by atoms with van der Waals surface area (Å²) in [5.41, 5.74) is 0.0769. The van der Waals surface area contributed by atoms with Crippen LogP contribution in [0.15, 0.2) is 12.4 Å². The van der Waals surface area contributed by atoms with Gasteiger partial charge in [-0.3, -0.25) is 4.79 Å². The van der Waals surface area contributed by atoms with E-state index in [1.807, 2.05) is 0 Å². The van der Waals surface area contributed by atoms with Gasteiger partial charge >= 0.3 is 0 Å². The van der Waals surface area contributed by atoms with Crippen molar-refractivity contribution in [1.82, 2.24) is 15.3 Å². The summed E-state index contributed by atoms with van der Waals surface area (Å²) in [5.74, 6) is 3.38. The highest BCUT2D eigenvalue weighted by Gasteiger charge is 2.51. The molecule has 6 rings (SSSR count). The van der Waals surface area contributed by atoms with Gasteiger partial charge in [-0.25, -0.2) is 9.97 Å². The second kappa shape index (κ2) is 5.66. The van der Waals surface area contributed by atoms with Gasteiger partial charge in [-0.05, 0) is 69.3 Å². The van der Waals surface area contributed by atoms with Crippen LogP contribution >= 0.6 is 11.3 Å². The van der Waals surface area contributed by atoms with E-state index in [0.717, 1.165) is 33.8 Å². The first-order valence-electron chi connectivity index (χ1n) is 9.35. The van der Waals surface area contributed by atoms with Gasteiger partial charge in [0.1, 0.15) is 17.0 Å². The minimum Gasteiger partial charge on any atom is -0.360 e. The first kappa shape index (κ1) is 15.6. The van der Waals surface area contributed by atoms with Crippen LogP contribution in [0.5, 0.6) is 0 Å². The Morgan fingerprint density at radius 1 is 1.20 bits per heavy atom. The SMILES string of the molecule is Cc1cc2c(NCC(=O)NC34CC5CC(CC(C5)C3)C4)ncnc2s1. The Balaban J connectivity index is 1.26. The third-order valence-electron chi connectivity index (χ3n) is 6.31. The molecule has 0 unspecified atom stereocenters. The minimum atomic E-state index is 0.0769. The summed E-state index contributed by atoms with van der Waals surface area (Å²) in [5, 5.41) is 7.64. The Hall–Kier alpha value is -1.69. The van der Waals surface area contributed by atoms with Gasteiger partial charge in [-0.1, -0.05) is 0 Å². The number of carbonyl (C=O) groups excluding carboxylic acids is 1. The first-order chi connectivity index (χ1) is 12.1. The molecule has 2 heterocycles. The fraction of sp³-hybridized carbons (Fsp3) is 0.632. The van der Waals surface area contributed by atoms with E-state index in [9.17, 15) is 4.79 Å². The third-order valence-corrected chi connectivity index (χ3v) is 7.27. The van der Waals surface area contributed by atoms with E-state index < -0.39 is 0 Å². The van der Waals surface area contributed by atoms with Gasteiger partial charge in [0.05, 0.1) is 11.9 Å². The molecule has 25 heavy (non-hydrogen) atoms. The van der Waals surface area contributed by atoms with Crippen molar-refractivity contribution in [1.29, 1.82) is 0 Å². The van der Waals surface area contributed by atoms with Crippen LogP contribution in [0.25, 0.3) is 10.2 Å². The number of hydrogen-bond acceptors (Lipinski definition) is 5. The number of anilines is 1. The predicted molar refractivity (Wildman–Crippen MR) is 99.7 cm³/mol. The van der Waals surface area contributed by atoms with Crippen LogP contribution in [0.3, 0.4) is 0 Å². The van der Waals surface area contributed by atoms with Gasteiger partial charge in [0.15, 0.2) is 0 Å². The molecule has 4 saturated carbocycles. The maximum atomic E-state index is 12.6. The molecular weight excluding hydrogens is 332 g/mol. The summed E-state index contributed by atoms with van der Waals surface area (Å²) >= 11 is 1.65. The van der Waals surface area contributed by atoms with Crippen molar-refractivity contribution in [3.05, 3.63) is 17.3 Å². The van der Waals surface area contributed by atoms with Crippen molar-refractivity contribution in [3.8, 4) is 0 Å². The molecule has 0 spiro atoms. The largest absolute Gasteiger partial charge is 0.360 e. The molecule has 0 radical (unpaired) electrons. The molecule has 4 bridgehead atoms. The second-order valence-corrected chi connectivity index (χ2v) is 9.63. The van der Waals surface area contributed by atoms with Gasteiger partial charge in [0, 0.05) is 10.4 Å². The molecule has 132 valence electrons. The number of thiophene rings is 1. The summed E-state index contributed by atoms with van der Waals surface area (Å²) in [6.45, 7) is 2.35. The molecule has 4 aliphatic carbocycles. The Kier molecular flexibility index (Phi) is 3.52. The Morgan fingerprint density at radius 3 is 2.56 bits per heavy atom. The summed E-state index contributed by atoms with van der Waals surface area (Å²) < 4.78 is 0. The summed E-state index contributed by atoms with van der Waals surface area (Å²) in [4.78, 5) is 23.4. The molecule has 0 saturated heterocycles. The van der Waals surface area contributed by atoms with Gasteiger partial charge in [0.25, 0.3) is 0 Å². The van der Waals surface area contributed by atoms with Crippen molar-refractivity contribution in [2.24, 2.45) is 17.8 Å². The zero-order valence-corrected chi connectivity index (χ0v) is 15.4. The standard InChI is InChI=1S/C19H24N4OS/c1-11-2-15-17(21-10-22-18(15)25-11)20-9-16(24)23-19-6-12-3-13(7-19)5-14(4-12)8-19/h2,10,12-14H,3-9H2,1H3,(H,23,24)(H,20,21,22). The van der Waals surface area contributed by atoms with Gasteiger partial charge in [-0.15, -0.1) is 11.3 Å². The molecule has 2 aromatic rings. The van der Waals surface area contributed by atoms with Gasteiger partial charge in [0.2, 0.25) is 5.91 Å². The molecule has 4 aliphatic rings. The molecule has 0 atom stereocenters. The quantitative estimate of drug-likeness (QED) is 0.880. The zero-order chi connectivity index (χ0) is 17.0. The Bertz CT molecular complexity index is 795. The number of carbonyl (C=O) groups is 1. The van der Waals surface area contributed by atoms with Crippen LogP contribution in [0.2, 0.25) is 0 Å². The lowest BCUT2D eigenvalue weighted by Crippen LogP contribution is -2.60. The van der Waals surface area contributed by atoms with Crippen LogP contribution in [-0.4, -0.2) is 28.0 Å². The normalized spacial score (nSPS) is 32.9. The number of hydrogen-bond donors (Lipinski definition) is 2. The van der Waals surface area contributed by atoms with Crippen molar-refractivity contribution >= 4 is 33.3 Å². The van der Waals surface area contributed by atoms with E-state index in [2.05, 4.69) is 33.6 Å². The minimum absolute atomic E-state index is 0.0769. The summed E-state index contributed by atoms with van der Waals surface area (Å²) in [7, 11) is 0. The molecular formula is C19H24N4OS. The highest BCUT2D eigenvalue weighted by molar-refractivity contribution is 7.18. The smallest absolute Gasteiger partial charge is 0.239 e. The first-order valence-corrected chi connectivity index (χ1v) is 10.2. The number of nitrogens with zero attached hydrogens (tertiary/aromatic N) is 2. The van der Waals surface area contributed by atoms with E-state index in [1.165, 1.54) is 43.4 Å². The van der Waals surface area contributed by atoms with Crippen molar-refractivity contribution in [3.63, 3.8) is 0 Å². The maximum absolute atomic E-state index is 12.6. The topological polar surface area (TPSA) is 66.9 Å². The maximum Gasteiger partial charge on any atom is 0.239 e. The molecule has 5 nitrogen and oxygen atoms in total. The number of aryl methyl sites for hydroxylation is 1. The number of aromatic nitrogens is 2. The van der Waals surface area contributed by atoms with E-state index in [0.29, 0.717) is 0 Å².